The highest BCUT2D eigenvalue weighted by Gasteiger charge is 2.17. The molecule has 0 unspecified atom stereocenters. The lowest BCUT2D eigenvalue weighted by Gasteiger charge is -2.20. The molecule has 4 nitrogen and oxygen atoms in total. The van der Waals surface area contributed by atoms with Gasteiger partial charge in [-0.3, -0.25) is 4.79 Å². The van der Waals surface area contributed by atoms with Crippen molar-refractivity contribution in [3.63, 3.8) is 0 Å². The first kappa shape index (κ1) is 16.1. The lowest BCUT2D eigenvalue weighted by Crippen LogP contribution is -2.41. The summed E-state index contributed by atoms with van der Waals surface area (Å²) in [4.78, 5) is 11.9. The second-order valence-corrected chi connectivity index (χ2v) is 5.89. The molecular formula is C15H18ClN3O. The van der Waals surface area contributed by atoms with Gasteiger partial charge in [0.2, 0.25) is 0 Å². The smallest absolute Gasteiger partial charge is 0.263 e. The van der Waals surface area contributed by atoms with Crippen LogP contribution in [0.3, 0.4) is 0 Å². The molecule has 1 rings (SSSR count). The summed E-state index contributed by atoms with van der Waals surface area (Å²) >= 11 is 6.01. The predicted octanol–water partition coefficient (Wildman–Crippen LogP) is 3.38. The molecule has 0 heterocycles. The number of amides is 1. The summed E-state index contributed by atoms with van der Waals surface area (Å²) in [7, 11) is 0. The lowest BCUT2D eigenvalue weighted by atomic mass is 10.1. The third kappa shape index (κ3) is 4.94. The Labute approximate surface area is 124 Å². The third-order valence-electron chi connectivity index (χ3n) is 2.41. The Morgan fingerprint density at radius 2 is 2.05 bits per heavy atom. The molecule has 2 N–H and O–H groups in total. The number of nitrogens with zero attached hydrogens (tertiary/aromatic N) is 1. The fraction of sp³-hybridized carbons (Fsp3) is 0.333. The molecule has 1 aromatic carbocycles. The standard InChI is InChI=1S/C15H18ClN3O/c1-10-5-6-12(7-13(10)16)18-9-11(8-17)14(20)19-15(2,3)4/h5-7,9,18H,1-4H3,(H,19,20)/b11-9-. The zero-order valence-electron chi connectivity index (χ0n) is 12.0. The van der Waals surface area contributed by atoms with Gasteiger partial charge in [-0.1, -0.05) is 17.7 Å². The summed E-state index contributed by atoms with van der Waals surface area (Å²) in [5, 5.41) is 15.3. The van der Waals surface area contributed by atoms with Crippen LogP contribution < -0.4 is 10.6 Å². The normalized spacial score (nSPS) is 11.7. The van der Waals surface area contributed by atoms with E-state index in [1.165, 1.54) is 6.20 Å². The highest BCUT2D eigenvalue weighted by molar-refractivity contribution is 6.31. The number of aryl methyl sites for hydroxylation is 1. The third-order valence-corrected chi connectivity index (χ3v) is 2.82. The molecule has 0 aliphatic rings. The van der Waals surface area contributed by atoms with E-state index in [2.05, 4.69) is 10.6 Å². The van der Waals surface area contributed by atoms with E-state index in [0.717, 1.165) is 11.3 Å². The molecule has 20 heavy (non-hydrogen) atoms. The molecule has 0 bridgehead atoms. The van der Waals surface area contributed by atoms with E-state index < -0.39 is 5.91 Å². The number of hydrogen-bond donors (Lipinski definition) is 2. The summed E-state index contributed by atoms with van der Waals surface area (Å²) in [5.74, 6) is -0.411. The van der Waals surface area contributed by atoms with E-state index in [9.17, 15) is 4.79 Å². The van der Waals surface area contributed by atoms with Crippen LogP contribution in [0.2, 0.25) is 5.02 Å². The van der Waals surface area contributed by atoms with Gasteiger partial charge in [0, 0.05) is 22.4 Å². The zero-order chi connectivity index (χ0) is 15.3. The highest BCUT2D eigenvalue weighted by atomic mass is 35.5. The van der Waals surface area contributed by atoms with Crippen LogP contribution >= 0.6 is 11.6 Å². The van der Waals surface area contributed by atoms with Gasteiger partial charge in [-0.15, -0.1) is 0 Å². The van der Waals surface area contributed by atoms with Crippen molar-refractivity contribution in [2.45, 2.75) is 33.2 Å². The van der Waals surface area contributed by atoms with E-state index in [1.807, 2.05) is 45.9 Å². The Balaban J connectivity index is 2.83. The second-order valence-electron chi connectivity index (χ2n) is 5.48. The van der Waals surface area contributed by atoms with Gasteiger partial charge in [0.25, 0.3) is 5.91 Å². The highest BCUT2D eigenvalue weighted by Crippen LogP contribution is 2.20. The first-order valence-corrected chi connectivity index (χ1v) is 6.56. The molecule has 1 amide bonds. The maximum atomic E-state index is 11.9. The zero-order valence-corrected chi connectivity index (χ0v) is 12.8. The van der Waals surface area contributed by atoms with Gasteiger partial charge in [0.05, 0.1) is 0 Å². The van der Waals surface area contributed by atoms with Gasteiger partial charge in [-0.05, 0) is 45.4 Å². The summed E-state index contributed by atoms with van der Waals surface area (Å²) in [6, 6.07) is 7.30. The predicted molar refractivity (Wildman–Crippen MR) is 81.4 cm³/mol. The Morgan fingerprint density at radius 3 is 2.55 bits per heavy atom. The van der Waals surface area contributed by atoms with Crippen molar-refractivity contribution in [1.29, 1.82) is 5.26 Å². The average Bonchev–Trinajstić information content (AvgIpc) is 2.32. The van der Waals surface area contributed by atoms with E-state index in [0.29, 0.717) is 5.02 Å². The van der Waals surface area contributed by atoms with Gasteiger partial charge in [0.1, 0.15) is 11.6 Å². The summed E-state index contributed by atoms with van der Waals surface area (Å²) in [6.07, 6.45) is 1.38. The van der Waals surface area contributed by atoms with Gasteiger partial charge < -0.3 is 10.6 Å². The molecule has 0 saturated carbocycles. The average molecular weight is 292 g/mol. The minimum atomic E-state index is -0.411. The molecule has 1 aromatic rings. The van der Waals surface area contributed by atoms with Crippen molar-refractivity contribution in [1.82, 2.24) is 5.32 Å². The Kier molecular flexibility index (Phi) is 5.18. The molecule has 0 aromatic heterocycles. The van der Waals surface area contributed by atoms with E-state index in [-0.39, 0.29) is 11.1 Å². The van der Waals surface area contributed by atoms with Crippen molar-refractivity contribution >= 4 is 23.2 Å². The number of hydrogen-bond acceptors (Lipinski definition) is 3. The van der Waals surface area contributed by atoms with Crippen LogP contribution in [-0.2, 0) is 4.79 Å². The molecule has 0 saturated heterocycles. The number of nitriles is 1. The van der Waals surface area contributed by atoms with Crippen molar-refractivity contribution in [3.05, 3.63) is 40.6 Å². The summed E-state index contributed by atoms with van der Waals surface area (Å²) in [5.41, 5.74) is 1.31. The molecule has 0 spiro atoms. The minimum Gasteiger partial charge on any atom is -0.360 e. The Hall–Kier alpha value is -1.99. The molecule has 0 atom stereocenters. The lowest BCUT2D eigenvalue weighted by molar-refractivity contribution is -0.118. The quantitative estimate of drug-likeness (QED) is 0.663. The van der Waals surface area contributed by atoms with Crippen LogP contribution in [0.25, 0.3) is 0 Å². The van der Waals surface area contributed by atoms with Crippen LogP contribution in [0.4, 0.5) is 5.69 Å². The molecule has 0 aliphatic carbocycles. The number of carbonyl (C=O) groups is 1. The molecule has 5 heteroatoms. The maximum absolute atomic E-state index is 11.9. The summed E-state index contributed by atoms with van der Waals surface area (Å²) in [6.45, 7) is 7.46. The largest absolute Gasteiger partial charge is 0.360 e. The van der Waals surface area contributed by atoms with E-state index in [4.69, 9.17) is 16.9 Å². The number of carbonyl (C=O) groups excluding carboxylic acids is 1. The van der Waals surface area contributed by atoms with E-state index in [1.54, 1.807) is 6.07 Å². The number of nitrogens with one attached hydrogen (secondary N) is 2. The fourth-order valence-electron chi connectivity index (χ4n) is 1.39. The van der Waals surface area contributed by atoms with E-state index >= 15 is 0 Å². The van der Waals surface area contributed by atoms with Crippen LogP contribution in [0.15, 0.2) is 30.0 Å². The van der Waals surface area contributed by atoms with Gasteiger partial charge in [-0.25, -0.2) is 0 Å². The van der Waals surface area contributed by atoms with Gasteiger partial charge in [-0.2, -0.15) is 5.26 Å². The van der Waals surface area contributed by atoms with Gasteiger partial charge >= 0.3 is 0 Å². The molecule has 0 fully saturated rings. The summed E-state index contributed by atoms with van der Waals surface area (Å²) < 4.78 is 0. The van der Waals surface area contributed by atoms with Crippen LogP contribution in [0, 0.1) is 18.3 Å². The molecular weight excluding hydrogens is 274 g/mol. The van der Waals surface area contributed by atoms with Crippen LogP contribution in [0.1, 0.15) is 26.3 Å². The molecule has 0 radical (unpaired) electrons. The Morgan fingerprint density at radius 1 is 1.40 bits per heavy atom. The van der Waals surface area contributed by atoms with Gasteiger partial charge in [0.15, 0.2) is 0 Å². The number of halogens is 1. The van der Waals surface area contributed by atoms with Crippen LogP contribution in [-0.4, -0.2) is 11.4 Å². The van der Waals surface area contributed by atoms with Crippen molar-refractivity contribution in [3.8, 4) is 6.07 Å². The fourth-order valence-corrected chi connectivity index (χ4v) is 1.58. The van der Waals surface area contributed by atoms with Crippen molar-refractivity contribution < 1.29 is 4.79 Å². The number of rotatable bonds is 3. The minimum absolute atomic E-state index is 0.0108. The van der Waals surface area contributed by atoms with Crippen molar-refractivity contribution in [2.75, 3.05) is 5.32 Å². The number of anilines is 1. The second kappa shape index (κ2) is 6.44. The maximum Gasteiger partial charge on any atom is 0.263 e. The van der Waals surface area contributed by atoms with Crippen LogP contribution in [0.5, 0.6) is 0 Å². The monoisotopic (exact) mass is 291 g/mol. The Bertz CT molecular complexity index is 580. The topological polar surface area (TPSA) is 64.9 Å². The van der Waals surface area contributed by atoms with Crippen molar-refractivity contribution in [2.24, 2.45) is 0 Å². The first-order chi connectivity index (χ1) is 9.23. The first-order valence-electron chi connectivity index (χ1n) is 6.18. The molecule has 106 valence electrons. The number of benzene rings is 1. The SMILES string of the molecule is Cc1ccc(N/C=C(/C#N)C(=O)NC(C)(C)C)cc1Cl. The molecule has 0 aliphatic heterocycles.